The third-order valence-corrected chi connectivity index (χ3v) is 5.75. The Kier molecular flexibility index (Phi) is 8.98. The summed E-state index contributed by atoms with van der Waals surface area (Å²) in [4.78, 5) is 0. The van der Waals surface area contributed by atoms with Crippen molar-refractivity contribution < 1.29 is 32.2 Å². The average molecular weight is 320 g/mol. The van der Waals surface area contributed by atoms with Gasteiger partial charge in [-0.1, -0.05) is 19.7 Å². The third-order valence-electron chi connectivity index (χ3n) is 2.68. The van der Waals surface area contributed by atoms with Crippen LogP contribution in [0.15, 0.2) is 38.5 Å². The molecule has 7 nitrogen and oxygen atoms in total. The van der Waals surface area contributed by atoms with E-state index in [1.54, 1.807) is 6.92 Å². The number of hydrogen-bond donors (Lipinski definition) is 0. The summed E-state index contributed by atoms with van der Waals surface area (Å²) >= 11 is 0. The molecule has 0 aliphatic carbocycles. The molecule has 0 aromatic carbocycles. The summed E-state index contributed by atoms with van der Waals surface area (Å²) in [7, 11) is 0.732. The monoisotopic (exact) mass is 320 g/mol. The molecule has 0 heterocycles. The van der Waals surface area contributed by atoms with Crippen LogP contribution in [0, 0.1) is 0 Å². The molecule has 0 N–H and O–H groups in total. The van der Waals surface area contributed by atoms with Crippen molar-refractivity contribution in [1.29, 1.82) is 0 Å². The first-order valence-electron chi connectivity index (χ1n) is 6.11. The van der Waals surface area contributed by atoms with Gasteiger partial charge < -0.3 is 32.2 Å². The van der Waals surface area contributed by atoms with Gasteiger partial charge in [-0.05, 0) is 6.92 Å². The van der Waals surface area contributed by atoms with Gasteiger partial charge in [0, 0.05) is 21.3 Å². The summed E-state index contributed by atoms with van der Waals surface area (Å²) < 4.78 is 38.0. The van der Waals surface area contributed by atoms with Crippen LogP contribution in [0.3, 0.4) is 0 Å². The van der Waals surface area contributed by atoms with Gasteiger partial charge in [0.2, 0.25) is 0 Å². The van der Waals surface area contributed by atoms with Crippen molar-refractivity contribution in [3.63, 3.8) is 0 Å². The number of hydrogen-bond acceptors (Lipinski definition) is 7. The van der Waals surface area contributed by atoms with Crippen LogP contribution in [0.4, 0.5) is 0 Å². The lowest BCUT2D eigenvalue weighted by atomic mass is 10.4. The van der Waals surface area contributed by atoms with Gasteiger partial charge in [-0.2, -0.15) is 0 Å². The molecule has 0 bridgehead atoms. The summed E-state index contributed by atoms with van der Waals surface area (Å²) in [5, 5.41) is 0. The van der Waals surface area contributed by atoms with Gasteiger partial charge >= 0.3 is 14.2 Å². The lowest BCUT2D eigenvalue weighted by Crippen LogP contribution is -2.70. The van der Waals surface area contributed by atoms with E-state index in [-0.39, 0.29) is 6.79 Å². The van der Waals surface area contributed by atoms with Crippen molar-refractivity contribution in [1.82, 2.24) is 0 Å². The third kappa shape index (κ3) is 4.08. The smallest absolute Gasteiger partial charge is 0.491 e. The van der Waals surface area contributed by atoms with Gasteiger partial charge in [-0.25, -0.2) is 0 Å². The topological polar surface area (TPSA) is 64.6 Å². The second-order valence-electron chi connectivity index (χ2n) is 3.70. The number of ether oxygens (including phenoxy) is 4. The molecule has 21 heavy (non-hydrogen) atoms. The lowest BCUT2D eigenvalue weighted by molar-refractivity contribution is -0.218. The van der Waals surface area contributed by atoms with Crippen LogP contribution >= 0.6 is 0 Å². The number of rotatable bonds is 13. The number of methoxy groups -OCH3 is 1. The summed E-state index contributed by atoms with van der Waals surface area (Å²) in [6, 6.07) is 0. The first-order chi connectivity index (χ1) is 10.0. The minimum Gasteiger partial charge on any atom is -0.491 e. The van der Waals surface area contributed by atoms with Crippen molar-refractivity contribution in [3.8, 4) is 0 Å². The molecule has 8 heteroatoms. The van der Waals surface area contributed by atoms with Crippen LogP contribution in [0.25, 0.3) is 0 Å². The van der Waals surface area contributed by atoms with Crippen LogP contribution in [0.1, 0.15) is 6.92 Å². The average Bonchev–Trinajstić information content (AvgIpc) is 2.49. The molecule has 0 spiro atoms. The minimum atomic E-state index is -3.57. The van der Waals surface area contributed by atoms with Crippen molar-refractivity contribution in [2.45, 2.75) is 18.4 Å². The lowest BCUT2D eigenvalue weighted by Gasteiger charge is -2.43. The van der Waals surface area contributed by atoms with Gasteiger partial charge in [-0.3, -0.25) is 0 Å². The summed E-state index contributed by atoms with van der Waals surface area (Å²) in [5.74, 6) is 0. The molecule has 0 aliphatic heterocycles. The largest absolute Gasteiger partial charge is 0.596 e. The molecular formula is C13H24O7Si. The standard InChI is InChI=1S/C13H24O7Si/c1-8-17-12(4)13(18-9-2,19-10-3)21(15-6,16-7)20-11-14-5/h8-10,12H,1-3,11H2,4-7H3. The predicted octanol–water partition coefficient (Wildman–Crippen LogP) is 1.94. The normalized spacial score (nSPS) is 13.1. The zero-order chi connectivity index (χ0) is 16.4. The van der Waals surface area contributed by atoms with E-state index in [1.807, 2.05) is 0 Å². The van der Waals surface area contributed by atoms with Gasteiger partial charge in [0.05, 0.1) is 18.8 Å². The van der Waals surface area contributed by atoms with Gasteiger partial charge in [0.25, 0.3) is 0 Å². The molecule has 122 valence electrons. The Morgan fingerprint density at radius 3 is 1.86 bits per heavy atom. The molecule has 1 atom stereocenters. The molecule has 0 aromatic rings. The Bertz CT molecular complexity index is 320. The molecule has 0 saturated heterocycles. The van der Waals surface area contributed by atoms with E-state index < -0.39 is 20.3 Å². The fraction of sp³-hybridized carbons (Fsp3) is 0.538. The molecule has 0 saturated carbocycles. The molecule has 0 amide bonds. The maximum Gasteiger partial charge on any atom is 0.596 e. The van der Waals surface area contributed by atoms with Crippen molar-refractivity contribution in [2.75, 3.05) is 28.1 Å². The Morgan fingerprint density at radius 1 is 1.00 bits per heavy atom. The fourth-order valence-corrected chi connectivity index (χ4v) is 4.28. The quantitative estimate of drug-likeness (QED) is 0.292. The highest BCUT2D eigenvalue weighted by Crippen LogP contribution is 2.34. The van der Waals surface area contributed by atoms with E-state index >= 15 is 0 Å². The Labute approximate surface area is 127 Å². The van der Waals surface area contributed by atoms with E-state index in [0.717, 1.165) is 0 Å². The van der Waals surface area contributed by atoms with E-state index in [9.17, 15) is 0 Å². The second kappa shape index (κ2) is 9.58. The van der Waals surface area contributed by atoms with Crippen molar-refractivity contribution in [3.05, 3.63) is 38.5 Å². The molecule has 0 fully saturated rings. The van der Waals surface area contributed by atoms with E-state index in [0.29, 0.717) is 0 Å². The van der Waals surface area contributed by atoms with Crippen LogP contribution < -0.4 is 0 Å². The van der Waals surface area contributed by atoms with Crippen LogP contribution in [0.2, 0.25) is 0 Å². The molecule has 1 unspecified atom stereocenters. The maximum atomic E-state index is 5.63. The van der Waals surface area contributed by atoms with Crippen LogP contribution in [0.5, 0.6) is 0 Å². The summed E-state index contributed by atoms with van der Waals surface area (Å²) in [6.45, 7) is 12.2. The highest BCUT2D eigenvalue weighted by molar-refractivity contribution is 6.63. The minimum absolute atomic E-state index is 0.0858. The maximum absolute atomic E-state index is 5.63. The second-order valence-corrected chi connectivity index (χ2v) is 6.61. The molecule has 0 aromatic heterocycles. The Balaban J connectivity index is 5.89. The first-order valence-corrected chi connectivity index (χ1v) is 7.83. The zero-order valence-corrected chi connectivity index (χ0v) is 14.0. The van der Waals surface area contributed by atoms with E-state index in [4.69, 9.17) is 32.2 Å². The zero-order valence-electron chi connectivity index (χ0n) is 13.0. The molecule has 0 aliphatic rings. The van der Waals surface area contributed by atoms with Crippen molar-refractivity contribution in [2.24, 2.45) is 0 Å². The van der Waals surface area contributed by atoms with Gasteiger partial charge in [0.15, 0.2) is 6.10 Å². The SMILES string of the molecule is C=COC(C)C(OC=C)(OC=C)[Si](OC)(OC)OCOC. The van der Waals surface area contributed by atoms with Crippen molar-refractivity contribution >= 4 is 8.80 Å². The highest BCUT2D eigenvalue weighted by Gasteiger charge is 2.70. The van der Waals surface area contributed by atoms with Crippen LogP contribution in [-0.2, 0) is 32.2 Å². The van der Waals surface area contributed by atoms with Gasteiger partial charge in [-0.15, -0.1) is 0 Å². The highest BCUT2D eigenvalue weighted by atomic mass is 28.4. The van der Waals surface area contributed by atoms with E-state index in [2.05, 4.69) is 19.7 Å². The molecule has 0 radical (unpaired) electrons. The predicted molar refractivity (Wildman–Crippen MR) is 78.8 cm³/mol. The molecule has 0 rings (SSSR count). The van der Waals surface area contributed by atoms with Crippen LogP contribution in [-0.4, -0.2) is 48.4 Å². The van der Waals surface area contributed by atoms with E-state index in [1.165, 1.54) is 40.1 Å². The molecular weight excluding hydrogens is 296 g/mol. The Morgan fingerprint density at radius 2 is 1.52 bits per heavy atom. The van der Waals surface area contributed by atoms with Gasteiger partial charge in [0.1, 0.15) is 6.79 Å². The first kappa shape index (κ1) is 19.7. The summed E-state index contributed by atoms with van der Waals surface area (Å²) in [5.41, 5.74) is -1.56. The Hall–Kier alpha value is -1.32. The fourth-order valence-electron chi connectivity index (χ4n) is 1.82. The summed E-state index contributed by atoms with van der Waals surface area (Å²) in [6.07, 6.45) is 2.92.